The summed E-state index contributed by atoms with van der Waals surface area (Å²) in [5.41, 5.74) is 7.63. The van der Waals surface area contributed by atoms with Crippen LogP contribution in [0.3, 0.4) is 0 Å². The Bertz CT molecular complexity index is 964. The molecule has 2 heterocycles. The van der Waals surface area contributed by atoms with Crippen molar-refractivity contribution >= 4 is 27.9 Å². The molecule has 0 aliphatic carbocycles. The number of aromatic nitrogens is 1. The molecule has 1 fully saturated rings. The van der Waals surface area contributed by atoms with Gasteiger partial charge in [0.15, 0.2) is 0 Å². The second-order valence-corrected chi connectivity index (χ2v) is 7.81. The fourth-order valence-corrected chi connectivity index (χ4v) is 3.97. The molecule has 1 aliphatic heterocycles. The molecule has 1 aromatic heterocycles. The van der Waals surface area contributed by atoms with Crippen molar-refractivity contribution in [2.45, 2.75) is 19.4 Å². The third-order valence-electron chi connectivity index (χ3n) is 4.88. The van der Waals surface area contributed by atoms with Crippen molar-refractivity contribution in [1.82, 2.24) is 9.88 Å². The van der Waals surface area contributed by atoms with Gasteiger partial charge in [-0.1, -0.05) is 42.5 Å². The van der Waals surface area contributed by atoms with Gasteiger partial charge in [-0.15, -0.1) is 11.3 Å². The van der Waals surface area contributed by atoms with Crippen molar-refractivity contribution in [2.75, 3.05) is 23.7 Å². The van der Waals surface area contributed by atoms with Crippen molar-refractivity contribution < 1.29 is 10.4 Å². The van der Waals surface area contributed by atoms with Crippen LogP contribution < -0.4 is 10.7 Å². The number of hydrazone groups is 1. The summed E-state index contributed by atoms with van der Waals surface area (Å²) in [7, 11) is 0. The number of nitrogens with one attached hydrogen (secondary N) is 1. The summed E-state index contributed by atoms with van der Waals surface area (Å²) in [5, 5.41) is 24.1. The van der Waals surface area contributed by atoms with Crippen LogP contribution in [0.15, 0.2) is 65.1 Å². The average Bonchev–Trinajstić information content (AvgIpc) is 3.23. The van der Waals surface area contributed by atoms with Gasteiger partial charge in [0, 0.05) is 49.1 Å². The zero-order valence-electron chi connectivity index (χ0n) is 16.0. The molecule has 4 N–H and O–H groups in total. The highest BCUT2D eigenvalue weighted by Crippen LogP contribution is 2.27. The Labute approximate surface area is 173 Å². The molecular formula is C21H24N5O2S+. The Morgan fingerprint density at radius 2 is 1.93 bits per heavy atom. The first-order valence-electron chi connectivity index (χ1n) is 9.51. The molecule has 150 valence electrons. The highest BCUT2D eigenvalue weighted by atomic mass is 32.1. The van der Waals surface area contributed by atoms with Crippen LogP contribution in [0.4, 0.5) is 10.8 Å². The maximum Gasteiger partial charge on any atom is 0.203 e. The van der Waals surface area contributed by atoms with E-state index in [1.54, 1.807) is 18.2 Å². The lowest BCUT2D eigenvalue weighted by molar-refractivity contribution is 0.0292. The van der Waals surface area contributed by atoms with Crippen LogP contribution in [0.25, 0.3) is 11.3 Å². The van der Waals surface area contributed by atoms with Gasteiger partial charge in [-0.25, -0.2) is 10.2 Å². The van der Waals surface area contributed by atoms with Gasteiger partial charge in [0.2, 0.25) is 5.13 Å². The van der Waals surface area contributed by atoms with E-state index in [-0.39, 0.29) is 0 Å². The fourth-order valence-electron chi connectivity index (χ4n) is 3.30. The maximum absolute atomic E-state index is 9.28. The SMILES string of the molecule is ON([OH2+])c1cccc(-c2csc(NN=C3CCN(Cc4ccccc4)CC3)n2)c1. The monoisotopic (exact) mass is 410 g/mol. The minimum absolute atomic E-state index is 0.352. The van der Waals surface area contributed by atoms with Crippen molar-refractivity contribution in [3.8, 4) is 11.3 Å². The van der Waals surface area contributed by atoms with E-state index >= 15 is 0 Å². The lowest BCUT2D eigenvalue weighted by Gasteiger charge is -2.27. The van der Waals surface area contributed by atoms with Crippen molar-refractivity contribution in [3.63, 3.8) is 0 Å². The maximum atomic E-state index is 9.28. The highest BCUT2D eigenvalue weighted by molar-refractivity contribution is 7.14. The van der Waals surface area contributed by atoms with Crippen LogP contribution in [0.2, 0.25) is 0 Å². The number of piperidine rings is 1. The van der Waals surface area contributed by atoms with E-state index in [9.17, 15) is 5.21 Å². The van der Waals surface area contributed by atoms with E-state index in [0.717, 1.165) is 54.6 Å². The molecule has 2 aromatic carbocycles. The molecule has 7 nitrogen and oxygen atoms in total. The number of benzene rings is 2. The van der Waals surface area contributed by atoms with Crippen molar-refractivity contribution in [3.05, 3.63) is 65.5 Å². The van der Waals surface area contributed by atoms with Crippen molar-refractivity contribution in [1.29, 1.82) is 0 Å². The smallest absolute Gasteiger partial charge is 0.203 e. The second kappa shape index (κ2) is 9.15. The van der Waals surface area contributed by atoms with E-state index in [0.29, 0.717) is 10.9 Å². The van der Waals surface area contributed by atoms with E-state index < -0.39 is 0 Å². The molecule has 8 heteroatoms. The number of hydrogen-bond donors (Lipinski definition) is 2. The summed E-state index contributed by atoms with van der Waals surface area (Å²) in [6, 6.07) is 17.6. The lowest BCUT2D eigenvalue weighted by Crippen LogP contribution is -2.33. The summed E-state index contributed by atoms with van der Waals surface area (Å²) >= 11 is 1.49. The van der Waals surface area contributed by atoms with Crippen LogP contribution in [0.1, 0.15) is 18.4 Å². The van der Waals surface area contributed by atoms with Crippen LogP contribution in [0.5, 0.6) is 0 Å². The first-order chi connectivity index (χ1) is 14.2. The van der Waals surface area contributed by atoms with E-state index in [2.05, 4.69) is 44.7 Å². The minimum atomic E-state index is 0.352. The summed E-state index contributed by atoms with van der Waals surface area (Å²) in [6.45, 7) is 3.01. The van der Waals surface area contributed by atoms with Gasteiger partial charge in [0.1, 0.15) is 5.69 Å². The van der Waals surface area contributed by atoms with Crippen LogP contribution in [0, 0.1) is 0 Å². The van der Waals surface area contributed by atoms with Crippen LogP contribution in [-0.2, 0) is 6.54 Å². The number of rotatable bonds is 6. The third-order valence-corrected chi connectivity index (χ3v) is 5.63. The molecule has 0 saturated carbocycles. The van der Waals surface area contributed by atoms with E-state index in [1.165, 1.54) is 16.9 Å². The van der Waals surface area contributed by atoms with Gasteiger partial charge in [-0.2, -0.15) is 5.10 Å². The fraction of sp³-hybridized carbons (Fsp3) is 0.238. The number of hydrogen-bond acceptors (Lipinski definition) is 7. The summed E-state index contributed by atoms with van der Waals surface area (Å²) in [4.78, 5) is 7.02. The minimum Gasteiger partial charge on any atom is -0.298 e. The molecule has 0 atom stereocenters. The molecule has 0 unspecified atom stereocenters. The van der Waals surface area contributed by atoms with E-state index in [1.807, 2.05) is 17.5 Å². The molecule has 29 heavy (non-hydrogen) atoms. The second-order valence-electron chi connectivity index (χ2n) is 6.95. The molecule has 4 rings (SSSR count). The van der Waals surface area contributed by atoms with Crippen molar-refractivity contribution in [2.24, 2.45) is 5.10 Å². The summed E-state index contributed by atoms with van der Waals surface area (Å²) < 4.78 is 0. The van der Waals surface area contributed by atoms with Gasteiger partial charge >= 0.3 is 0 Å². The topological polar surface area (TPSA) is 86.9 Å². The number of thiazole rings is 1. The lowest BCUT2D eigenvalue weighted by atomic mass is 10.1. The normalized spacial score (nSPS) is 14.6. The zero-order chi connectivity index (χ0) is 20.1. The predicted octanol–water partition coefficient (Wildman–Crippen LogP) is 3.71. The zero-order valence-corrected chi connectivity index (χ0v) is 16.8. The largest absolute Gasteiger partial charge is 0.298 e. The molecule has 0 amide bonds. The van der Waals surface area contributed by atoms with Gasteiger partial charge in [-0.3, -0.25) is 15.5 Å². The Balaban J connectivity index is 1.32. The Morgan fingerprint density at radius 3 is 2.69 bits per heavy atom. The molecule has 0 bridgehead atoms. The molecular weight excluding hydrogens is 386 g/mol. The predicted molar refractivity (Wildman–Crippen MR) is 117 cm³/mol. The molecule has 0 radical (unpaired) electrons. The molecule has 1 saturated heterocycles. The van der Waals surface area contributed by atoms with Crippen LogP contribution >= 0.6 is 11.3 Å². The third kappa shape index (κ3) is 5.18. The van der Waals surface area contributed by atoms with Gasteiger partial charge in [-0.05, 0) is 22.9 Å². The Kier molecular flexibility index (Phi) is 6.16. The van der Waals surface area contributed by atoms with Gasteiger partial charge < -0.3 is 0 Å². The molecule has 3 aromatic rings. The van der Waals surface area contributed by atoms with E-state index in [4.69, 9.17) is 5.21 Å². The number of nitrogens with zero attached hydrogens (tertiary/aromatic N) is 4. The highest BCUT2D eigenvalue weighted by Gasteiger charge is 2.15. The number of anilines is 2. The number of likely N-dealkylation sites (tertiary alicyclic amines) is 1. The summed E-state index contributed by atoms with van der Waals surface area (Å²) in [5.74, 6) is 0. The molecule has 1 aliphatic rings. The van der Waals surface area contributed by atoms with Crippen LogP contribution in [-0.4, -0.2) is 39.1 Å². The standard InChI is InChI=1S/C21H23N5O2S/c27-26(28)19-8-4-7-17(13-19)20-15-29-21(22-20)24-23-18-9-11-25(12-10-18)14-16-5-2-1-3-6-16/h1-8,13,15,27-28H,9-12,14H2,(H,22,24)/p+1. The van der Waals surface area contributed by atoms with Gasteiger partial charge in [0.05, 0.1) is 5.69 Å². The average molecular weight is 411 g/mol. The Morgan fingerprint density at radius 1 is 1.14 bits per heavy atom. The Hall–Kier alpha value is -2.78. The van der Waals surface area contributed by atoms with Gasteiger partial charge in [0.25, 0.3) is 0 Å². The first-order valence-corrected chi connectivity index (χ1v) is 10.4. The summed E-state index contributed by atoms with van der Waals surface area (Å²) in [6.07, 6.45) is 1.91. The quantitative estimate of drug-likeness (QED) is 0.478. The first kappa shape index (κ1) is 19.5. The molecule has 0 spiro atoms.